The van der Waals surface area contributed by atoms with Crippen molar-refractivity contribution in [3.05, 3.63) is 59.7 Å². The van der Waals surface area contributed by atoms with E-state index < -0.39 is 5.97 Å². The van der Waals surface area contributed by atoms with Crippen molar-refractivity contribution >= 4 is 5.97 Å². The van der Waals surface area contributed by atoms with E-state index in [4.69, 9.17) is 14.6 Å². The number of hydrogen-bond donors (Lipinski definition) is 1. The molecule has 0 aliphatic carbocycles. The van der Waals surface area contributed by atoms with Gasteiger partial charge in [0.1, 0.15) is 24.7 Å². The van der Waals surface area contributed by atoms with E-state index in [1.54, 1.807) is 24.3 Å². The standard InChI is InChI=1S/C17H18O4/c1-13-5-2-3-8-16(13)21-10-9-20-15-7-4-6-14(11-15)12-17(18)19/h2-8,11H,9-10,12H2,1H3,(H,18,19). The molecule has 4 heteroatoms. The fourth-order valence-electron chi connectivity index (χ4n) is 1.95. The molecule has 0 saturated carbocycles. The zero-order valence-electron chi connectivity index (χ0n) is 11.9. The first-order chi connectivity index (χ1) is 10.1. The van der Waals surface area contributed by atoms with Crippen molar-refractivity contribution in [3.63, 3.8) is 0 Å². The summed E-state index contributed by atoms with van der Waals surface area (Å²) in [5.41, 5.74) is 1.81. The Bertz CT molecular complexity index is 607. The number of hydrogen-bond acceptors (Lipinski definition) is 3. The Hall–Kier alpha value is -2.49. The summed E-state index contributed by atoms with van der Waals surface area (Å²) in [5.74, 6) is 0.651. The summed E-state index contributed by atoms with van der Waals surface area (Å²) in [6.45, 7) is 2.84. The van der Waals surface area contributed by atoms with Gasteiger partial charge in [0.05, 0.1) is 6.42 Å². The van der Waals surface area contributed by atoms with Crippen molar-refractivity contribution in [1.82, 2.24) is 0 Å². The van der Waals surface area contributed by atoms with Gasteiger partial charge in [-0.25, -0.2) is 0 Å². The molecule has 2 rings (SSSR count). The molecule has 21 heavy (non-hydrogen) atoms. The lowest BCUT2D eigenvalue weighted by atomic mass is 10.1. The van der Waals surface area contributed by atoms with Crippen molar-refractivity contribution in [2.24, 2.45) is 0 Å². The van der Waals surface area contributed by atoms with Crippen LogP contribution in [0, 0.1) is 6.92 Å². The Balaban J connectivity index is 1.81. The van der Waals surface area contributed by atoms with Gasteiger partial charge in [-0.15, -0.1) is 0 Å². The van der Waals surface area contributed by atoms with Gasteiger partial charge in [-0.05, 0) is 36.2 Å². The molecule has 4 nitrogen and oxygen atoms in total. The average Bonchev–Trinajstić information content (AvgIpc) is 2.45. The molecule has 2 aromatic rings. The maximum Gasteiger partial charge on any atom is 0.307 e. The number of ether oxygens (including phenoxy) is 2. The monoisotopic (exact) mass is 286 g/mol. The van der Waals surface area contributed by atoms with Crippen LogP contribution in [0.1, 0.15) is 11.1 Å². The highest BCUT2D eigenvalue weighted by Gasteiger charge is 2.02. The highest BCUT2D eigenvalue weighted by Crippen LogP contribution is 2.17. The largest absolute Gasteiger partial charge is 0.490 e. The molecule has 0 unspecified atom stereocenters. The molecule has 2 aromatic carbocycles. The maximum absolute atomic E-state index is 10.7. The number of aliphatic carboxylic acids is 1. The number of carboxylic acid groups (broad SMARTS) is 1. The minimum absolute atomic E-state index is 0.00307. The van der Waals surface area contributed by atoms with Crippen molar-refractivity contribution in [3.8, 4) is 11.5 Å². The van der Waals surface area contributed by atoms with Crippen LogP contribution in [0.5, 0.6) is 11.5 Å². The Morgan fingerprint density at radius 3 is 2.57 bits per heavy atom. The number of aryl methyl sites for hydroxylation is 1. The van der Waals surface area contributed by atoms with E-state index in [9.17, 15) is 4.79 Å². The molecule has 0 amide bonds. The Morgan fingerprint density at radius 2 is 1.81 bits per heavy atom. The lowest BCUT2D eigenvalue weighted by molar-refractivity contribution is -0.136. The summed E-state index contributed by atoms with van der Waals surface area (Å²) >= 11 is 0. The third kappa shape index (κ3) is 4.84. The third-order valence-corrected chi connectivity index (χ3v) is 2.96. The molecule has 0 aliphatic rings. The van der Waals surface area contributed by atoms with Crippen molar-refractivity contribution < 1.29 is 19.4 Å². The fraction of sp³-hybridized carbons (Fsp3) is 0.235. The zero-order chi connectivity index (χ0) is 15.1. The van der Waals surface area contributed by atoms with Crippen LogP contribution in [0.15, 0.2) is 48.5 Å². The molecule has 0 bridgehead atoms. The van der Waals surface area contributed by atoms with Crippen molar-refractivity contribution in [1.29, 1.82) is 0 Å². The molecule has 0 atom stereocenters. The van der Waals surface area contributed by atoms with Crippen LogP contribution < -0.4 is 9.47 Å². The zero-order valence-corrected chi connectivity index (χ0v) is 11.9. The van der Waals surface area contributed by atoms with E-state index in [0.29, 0.717) is 19.0 Å². The summed E-state index contributed by atoms with van der Waals surface area (Å²) in [6.07, 6.45) is -0.00307. The van der Waals surface area contributed by atoms with Crippen molar-refractivity contribution in [2.45, 2.75) is 13.3 Å². The van der Waals surface area contributed by atoms with Crippen LogP contribution in [0.2, 0.25) is 0 Å². The molecule has 0 spiro atoms. The van der Waals surface area contributed by atoms with Gasteiger partial charge in [-0.3, -0.25) is 4.79 Å². The lowest BCUT2D eigenvalue weighted by Crippen LogP contribution is -2.09. The van der Waals surface area contributed by atoms with E-state index in [-0.39, 0.29) is 6.42 Å². The topological polar surface area (TPSA) is 55.8 Å². The van der Waals surface area contributed by atoms with E-state index in [1.165, 1.54) is 0 Å². The van der Waals surface area contributed by atoms with E-state index in [2.05, 4.69) is 0 Å². The first kappa shape index (κ1) is 14.9. The molecule has 0 radical (unpaired) electrons. The normalized spacial score (nSPS) is 10.1. The van der Waals surface area contributed by atoms with E-state index in [1.807, 2.05) is 31.2 Å². The molecule has 0 fully saturated rings. The summed E-state index contributed by atoms with van der Waals surface area (Å²) in [4.78, 5) is 10.7. The highest BCUT2D eigenvalue weighted by atomic mass is 16.5. The van der Waals surface area contributed by atoms with Gasteiger partial charge >= 0.3 is 5.97 Å². The van der Waals surface area contributed by atoms with Crippen LogP contribution in [0.25, 0.3) is 0 Å². The van der Waals surface area contributed by atoms with Gasteiger partial charge in [-0.2, -0.15) is 0 Å². The number of carbonyl (C=O) groups is 1. The molecular weight excluding hydrogens is 268 g/mol. The summed E-state index contributed by atoms with van der Waals surface area (Å²) in [5, 5.41) is 8.76. The molecule has 110 valence electrons. The van der Waals surface area contributed by atoms with Crippen LogP contribution in [-0.4, -0.2) is 24.3 Å². The highest BCUT2D eigenvalue weighted by molar-refractivity contribution is 5.70. The Kier molecular flexibility index (Phi) is 5.21. The number of benzene rings is 2. The minimum atomic E-state index is -0.852. The summed E-state index contributed by atoms with van der Waals surface area (Å²) in [6, 6.07) is 14.9. The van der Waals surface area contributed by atoms with Gasteiger partial charge in [0, 0.05) is 0 Å². The number of para-hydroxylation sites is 1. The van der Waals surface area contributed by atoms with Gasteiger partial charge in [0.2, 0.25) is 0 Å². The average molecular weight is 286 g/mol. The second-order valence-electron chi connectivity index (χ2n) is 4.68. The fourth-order valence-corrected chi connectivity index (χ4v) is 1.95. The Labute approximate surface area is 123 Å². The minimum Gasteiger partial charge on any atom is -0.490 e. The first-order valence-electron chi connectivity index (χ1n) is 6.77. The smallest absolute Gasteiger partial charge is 0.307 e. The van der Waals surface area contributed by atoms with Crippen LogP contribution in [0.3, 0.4) is 0 Å². The maximum atomic E-state index is 10.7. The van der Waals surface area contributed by atoms with Gasteiger partial charge in [0.15, 0.2) is 0 Å². The van der Waals surface area contributed by atoms with E-state index >= 15 is 0 Å². The predicted molar refractivity (Wildman–Crippen MR) is 80.0 cm³/mol. The number of rotatable bonds is 7. The molecular formula is C17H18O4. The van der Waals surface area contributed by atoms with Crippen molar-refractivity contribution in [2.75, 3.05) is 13.2 Å². The molecule has 0 heterocycles. The second-order valence-corrected chi connectivity index (χ2v) is 4.68. The lowest BCUT2D eigenvalue weighted by Gasteiger charge is -2.10. The molecule has 0 aromatic heterocycles. The molecule has 0 aliphatic heterocycles. The predicted octanol–water partition coefficient (Wildman–Crippen LogP) is 3.08. The van der Waals surface area contributed by atoms with Crippen LogP contribution in [-0.2, 0) is 11.2 Å². The third-order valence-electron chi connectivity index (χ3n) is 2.96. The molecule has 1 N–H and O–H groups in total. The van der Waals surface area contributed by atoms with Crippen LogP contribution in [0.4, 0.5) is 0 Å². The van der Waals surface area contributed by atoms with Gasteiger partial charge in [0.25, 0.3) is 0 Å². The summed E-state index contributed by atoms with van der Waals surface area (Å²) in [7, 11) is 0. The second kappa shape index (κ2) is 7.33. The quantitative estimate of drug-likeness (QED) is 0.795. The number of carboxylic acids is 1. The SMILES string of the molecule is Cc1ccccc1OCCOc1cccc(CC(=O)O)c1. The molecule has 0 saturated heterocycles. The van der Waals surface area contributed by atoms with E-state index in [0.717, 1.165) is 16.9 Å². The Morgan fingerprint density at radius 1 is 1.05 bits per heavy atom. The van der Waals surface area contributed by atoms with Gasteiger partial charge in [-0.1, -0.05) is 30.3 Å². The summed E-state index contributed by atoms with van der Waals surface area (Å²) < 4.78 is 11.2. The van der Waals surface area contributed by atoms with Gasteiger partial charge < -0.3 is 14.6 Å². The van der Waals surface area contributed by atoms with Crippen LogP contribution >= 0.6 is 0 Å². The first-order valence-corrected chi connectivity index (χ1v) is 6.77.